The van der Waals surface area contributed by atoms with Gasteiger partial charge >= 0.3 is 0 Å². The minimum Gasteiger partial charge on any atom is -0.373 e. The molecule has 0 unspecified atom stereocenters. The van der Waals surface area contributed by atoms with E-state index in [1.807, 2.05) is 0 Å². The fourth-order valence-electron chi connectivity index (χ4n) is 2.92. The molecule has 2 heterocycles. The first-order chi connectivity index (χ1) is 8.84. The number of H-pyrrole nitrogens is 1. The van der Waals surface area contributed by atoms with Gasteiger partial charge in [-0.15, -0.1) is 0 Å². The summed E-state index contributed by atoms with van der Waals surface area (Å²) < 4.78 is 0. The number of hydrogen-bond acceptors (Lipinski definition) is 2. The zero-order valence-corrected chi connectivity index (χ0v) is 10.9. The van der Waals surface area contributed by atoms with E-state index in [9.17, 15) is 0 Å². The molecule has 18 heavy (non-hydrogen) atoms. The lowest BCUT2D eigenvalue weighted by atomic mass is 9.97. The lowest BCUT2D eigenvalue weighted by Gasteiger charge is -2.28. The monoisotopic (exact) mass is 243 g/mol. The summed E-state index contributed by atoms with van der Waals surface area (Å²) in [4.78, 5) is 5.75. The molecule has 1 fully saturated rings. The number of anilines is 1. The average Bonchev–Trinajstić information content (AvgIpc) is 2.84. The van der Waals surface area contributed by atoms with E-state index in [1.54, 1.807) is 0 Å². The number of nitrogens with one attached hydrogen (secondary N) is 2. The number of aromatic nitrogens is 1. The van der Waals surface area contributed by atoms with Gasteiger partial charge in [0.1, 0.15) is 0 Å². The van der Waals surface area contributed by atoms with Gasteiger partial charge in [-0.1, -0.05) is 18.2 Å². The van der Waals surface area contributed by atoms with E-state index in [1.165, 1.54) is 42.5 Å². The minimum atomic E-state index is 0.824. The van der Waals surface area contributed by atoms with E-state index in [0.717, 1.165) is 12.5 Å². The molecule has 0 bridgehead atoms. The van der Waals surface area contributed by atoms with E-state index in [4.69, 9.17) is 0 Å². The van der Waals surface area contributed by atoms with Crippen molar-refractivity contribution in [2.75, 3.05) is 31.6 Å². The number of benzene rings is 1. The van der Waals surface area contributed by atoms with Gasteiger partial charge in [0.15, 0.2) is 0 Å². The van der Waals surface area contributed by atoms with Crippen molar-refractivity contribution in [1.29, 1.82) is 0 Å². The second kappa shape index (κ2) is 5.02. The Kier molecular flexibility index (Phi) is 3.24. The summed E-state index contributed by atoms with van der Waals surface area (Å²) in [6, 6.07) is 8.52. The Morgan fingerprint density at radius 2 is 2.00 bits per heavy atom. The predicted molar refractivity (Wildman–Crippen MR) is 77.2 cm³/mol. The Morgan fingerprint density at radius 1 is 1.22 bits per heavy atom. The molecule has 3 rings (SSSR count). The molecule has 3 heteroatoms. The predicted octanol–water partition coefficient (Wildman–Crippen LogP) is 2.60. The summed E-state index contributed by atoms with van der Waals surface area (Å²) >= 11 is 0. The maximum absolute atomic E-state index is 3.43. The second-order valence-electron chi connectivity index (χ2n) is 5.29. The van der Waals surface area contributed by atoms with Gasteiger partial charge in [0.25, 0.3) is 0 Å². The summed E-state index contributed by atoms with van der Waals surface area (Å²) in [5.41, 5.74) is 2.55. The molecular weight excluding hydrogens is 222 g/mol. The van der Waals surface area contributed by atoms with Gasteiger partial charge in [0, 0.05) is 30.7 Å². The fraction of sp³-hybridized carbons (Fsp3) is 0.467. The van der Waals surface area contributed by atoms with E-state index in [0.29, 0.717) is 0 Å². The molecule has 1 saturated heterocycles. The summed E-state index contributed by atoms with van der Waals surface area (Å²) in [5.74, 6) is 0.824. The molecule has 96 valence electrons. The molecule has 0 saturated carbocycles. The van der Waals surface area contributed by atoms with Crippen molar-refractivity contribution in [2.24, 2.45) is 5.92 Å². The second-order valence-corrected chi connectivity index (χ2v) is 5.29. The molecule has 3 nitrogen and oxygen atoms in total. The minimum absolute atomic E-state index is 0.824. The van der Waals surface area contributed by atoms with Crippen LogP contribution in [-0.4, -0.2) is 31.7 Å². The van der Waals surface area contributed by atoms with Gasteiger partial charge in [-0.25, -0.2) is 0 Å². The molecule has 1 aromatic heterocycles. The van der Waals surface area contributed by atoms with Crippen LogP contribution < -0.4 is 10.2 Å². The summed E-state index contributed by atoms with van der Waals surface area (Å²) in [6.07, 6.45) is 4.73. The first-order valence-electron chi connectivity index (χ1n) is 6.82. The number of rotatable bonds is 3. The van der Waals surface area contributed by atoms with Crippen LogP contribution in [0.1, 0.15) is 12.8 Å². The van der Waals surface area contributed by atoms with Gasteiger partial charge in [-0.3, -0.25) is 0 Å². The summed E-state index contributed by atoms with van der Waals surface area (Å²) in [5, 5.41) is 4.76. The van der Waals surface area contributed by atoms with Crippen LogP contribution in [-0.2, 0) is 0 Å². The zero-order chi connectivity index (χ0) is 12.4. The highest BCUT2D eigenvalue weighted by molar-refractivity contribution is 5.92. The van der Waals surface area contributed by atoms with Crippen LogP contribution in [0.25, 0.3) is 10.9 Å². The third-order valence-electron chi connectivity index (χ3n) is 3.97. The van der Waals surface area contributed by atoms with Crippen molar-refractivity contribution in [3.63, 3.8) is 0 Å². The van der Waals surface area contributed by atoms with Crippen LogP contribution >= 0.6 is 0 Å². The van der Waals surface area contributed by atoms with Crippen molar-refractivity contribution >= 4 is 16.6 Å². The van der Waals surface area contributed by atoms with Crippen molar-refractivity contribution in [2.45, 2.75) is 12.8 Å². The third-order valence-corrected chi connectivity index (χ3v) is 3.97. The highest BCUT2D eigenvalue weighted by Gasteiger charge is 2.16. The summed E-state index contributed by atoms with van der Waals surface area (Å²) in [6.45, 7) is 3.50. The Labute approximate surface area is 108 Å². The molecule has 1 aliphatic heterocycles. The number of fused-ring (bicyclic) bond motifs is 1. The lowest BCUT2D eigenvalue weighted by molar-refractivity contribution is 0.378. The topological polar surface area (TPSA) is 31.1 Å². The third kappa shape index (κ3) is 2.23. The van der Waals surface area contributed by atoms with E-state index < -0.39 is 0 Å². The molecule has 1 aromatic carbocycles. The molecule has 0 spiro atoms. The zero-order valence-electron chi connectivity index (χ0n) is 10.9. The van der Waals surface area contributed by atoms with Crippen LogP contribution in [0.5, 0.6) is 0 Å². The molecule has 0 aliphatic carbocycles. The van der Waals surface area contributed by atoms with E-state index in [-0.39, 0.29) is 0 Å². The standard InChI is InChI=1S/C15H21N3/c1-18(11-12-6-8-16-9-7-12)15-10-17-14-5-3-2-4-13(14)15/h2-5,10,12,16-17H,6-9,11H2,1H3. The molecule has 0 atom stereocenters. The first-order valence-corrected chi connectivity index (χ1v) is 6.82. The fourth-order valence-corrected chi connectivity index (χ4v) is 2.92. The SMILES string of the molecule is CN(CC1CCNCC1)c1c[nH]c2ccccc12. The van der Waals surface area contributed by atoms with Gasteiger partial charge in [-0.2, -0.15) is 0 Å². The van der Waals surface area contributed by atoms with Crippen molar-refractivity contribution in [1.82, 2.24) is 10.3 Å². The number of hydrogen-bond donors (Lipinski definition) is 2. The quantitative estimate of drug-likeness (QED) is 0.868. The lowest BCUT2D eigenvalue weighted by Crippen LogP contribution is -2.34. The Hall–Kier alpha value is -1.48. The summed E-state index contributed by atoms with van der Waals surface area (Å²) in [7, 11) is 2.21. The van der Waals surface area contributed by atoms with Gasteiger partial charge in [-0.05, 0) is 37.9 Å². The molecule has 0 radical (unpaired) electrons. The largest absolute Gasteiger partial charge is 0.373 e. The number of piperidine rings is 1. The molecule has 2 aromatic rings. The highest BCUT2D eigenvalue weighted by Crippen LogP contribution is 2.27. The number of para-hydroxylation sites is 1. The van der Waals surface area contributed by atoms with Crippen molar-refractivity contribution in [3.8, 4) is 0 Å². The maximum Gasteiger partial charge on any atom is 0.0621 e. The normalized spacial score (nSPS) is 17.2. The van der Waals surface area contributed by atoms with Crippen LogP contribution in [0.4, 0.5) is 5.69 Å². The Bertz CT molecular complexity index is 511. The van der Waals surface area contributed by atoms with Gasteiger partial charge in [0.05, 0.1) is 5.69 Å². The van der Waals surface area contributed by atoms with Crippen molar-refractivity contribution < 1.29 is 0 Å². The van der Waals surface area contributed by atoms with Crippen LogP contribution in [0, 0.1) is 5.92 Å². The molecule has 2 N–H and O–H groups in total. The van der Waals surface area contributed by atoms with E-state index >= 15 is 0 Å². The number of aromatic amines is 1. The van der Waals surface area contributed by atoms with E-state index in [2.05, 4.69) is 52.7 Å². The molecule has 0 amide bonds. The van der Waals surface area contributed by atoms with Crippen LogP contribution in [0.3, 0.4) is 0 Å². The average molecular weight is 243 g/mol. The highest BCUT2D eigenvalue weighted by atomic mass is 15.1. The smallest absolute Gasteiger partial charge is 0.0621 e. The number of nitrogens with zero attached hydrogens (tertiary/aromatic N) is 1. The van der Waals surface area contributed by atoms with Crippen LogP contribution in [0.15, 0.2) is 30.5 Å². The molecular formula is C15H21N3. The molecule has 1 aliphatic rings. The van der Waals surface area contributed by atoms with Gasteiger partial charge < -0.3 is 15.2 Å². The Balaban J connectivity index is 1.76. The van der Waals surface area contributed by atoms with Gasteiger partial charge in [0.2, 0.25) is 0 Å². The van der Waals surface area contributed by atoms with Crippen molar-refractivity contribution in [3.05, 3.63) is 30.5 Å². The maximum atomic E-state index is 3.43. The first kappa shape index (κ1) is 11.6. The van der Waals surface area contributed by atoms with Crippen LogP contribution in [0.2, 0.25) is 0 Å². The Morgan fingerprint density at radius 3 is 2.83 bits per heavy atom.